The zero-order valence-electron chi connectivity index (χ0n) is 10.2. The highest BCUT2D eigenvalue weighted by Crippen LogP contribution is 2.52. The van der Waals surface area contributed by atoms with Crippen LogP contribution in [0.15, 0.2) is 42.5 Å². The van der Waals surface area contributed by atoms with Crippen molar-refractivity contribution >= 4 is 0 Å². The lowest BCUT2D eigenvalue weighted by Gasteiger charge is -2.29. The maximum Gasteiger partial charge on any atom is 0.00953 e. The van der Waals surface area contributed by atoms with Gasteiger partial charge in [-0.2, -0.15) is 0 Å². The molecular weight excluding hydrogens is 192 g/mol. The third-order valence-corrected chi connectivity index (χ3v) is 4.23. The van der Waals surface area contributed by atoms with Gasteiger partial charge in [0.05, 0.1) is 0 Å². The fourth-order valence-corrected chi connectivity index (χ4v) is 3.29. The maximum atomic E-state index is 2.38. The molecule has 0 spiro atoms. The normalized spacial score (nSPS) is 28.9. The summed E-state index contributed by atoms with van der Waals surface area (Å²) in [5.74, 6) is 1.23. The molecule has 16 heavy (non-hydrogen) atoms. The molecular formula is C16H18. The summed E-state index contributed by atoms with van der Waals surface area (Å²) in [4.78, 5) is 0. The number of hydrogen-bond acceptors (Lipinski definition) is 0. The quantitative estimate of drug-likeness (QED) is 0.604. The van der Waals surface area contributed by atoms with Gasteiger partial charge in [0.2, 0.25) is 0 Å². The van der Waals surface area contributed by atoms with Crippen LogP contribution in [0.5, 0.6) is 0 Å². The van der Waals surface area contributed by atoms with E-state index in [1.165, 1.54) is 11.1 Å². The van der Waals surface area contributed by atoms with Crippen LogP contribution >= 0.6 is 0 Å². The minimum absolute atomic E-state index is 0.271. The minimum Gasteiger partial charge on any atom is -0.0796 e. The van der Waals surface area contributed by atoms with Crippen molar-refractivity contribution in [2.24, 2.45) is 5.92 Å². The Hall–Kier alpha value is -1.30. The lowest BCUT2D eigenvalue weighted by Crippen LogP contribution is -2.24. The average molecular weight is 210 g/mol. The first-order chi connectivity index (χ1) is 7.60. The van der Waals surface area contributed by atoms with E-state index in [-0.39, 0.29) is 5.41 Å². The molecule has 0 heteroatoms. The van der Waals surface area contributed by atoms with Gasteiger partial charge < -0.3 is 0 Å². The Bertz CT molecular complexity index is 489. The Morgan fingerprint density at radius 2 is 1.81 bits per heavy atom. The molecule has 0 fully saturated rings. The van der Waals surface area contributed by atoms with Gasteiger partial charge >= 0.3 is 0 Å². The van der Waals surface area contributed by atoms with Crippen molar-refractivity contribution in [1.82, 2.24) is 0 Å². The first kappa shape index (κ1) is 9.89. The van der Waals surface area contributed by atoms with Crippen molar-refractivity contribution in [3.63, 3.8) is 0 Å². The van der Waals surface area contributed by atoms with Crippen LogP contribution in [0.25, 0.3) is 0 Å². The summed E-state index contributed by atoms with van der Waals surface area (Å²) < 4.78 is 0. The monoisotopic (exact) mass is 210 g/mol. The topological polar surface area (TPSA) is 0 Å². The largest absolute Gasteiger partial charge is 0.0796 e. The van der Waals surface area contributed by atoms with Crippen molar-refractivity contribution in [1.29, 1.82) is 0 Å². The summed E-state index contributed by atoms with van der Waals surface area (Å²) in [6, 6.07) is 6.93. The Labute approximate surface area is 97.7 Å². The summed E-state index contributed by atoms with van der Waals surface area (Å²) >= 11 is 0. The molecule has 1 aromatic rings. The Balaban J connectivity index is 2.23. The molecule has 1 aromatic carbocycles. The summed E-state index contributed by atoms with van der Waals surface area (Å²) in [6.07, 6.45) is 9.11. The van der Waals surface area contributed by atoms with Crippen LogP contribution in [0.1, 0.15) is 36.5 Å². The lowest BCUT2D eigenvalue weighted by molar-refractivity contribution is 0.394. The first-order valence-electron chi connectivity index (χ1n) is 6.07. The first-order valence-corrected chi connectivity index (χ1v) is 6.07. The van der Waals surface area contributed by atoms with Crippen LogP contribution in [0, 0.1) is 12.8 Å². The number of rotatable bonds is 0. The molecule has 0 aromatic heterocycles. The second-order valence-corrected chi connectivity index (χ2v) is 5.63. The number of allylic oxidation sites excluding steroid dienone is 4. The Morgan fingerprint density at radius 3 is 2.62 bits per heavy atom. The highest BCUT2D eigenvalue weighted by Gasteiger charge is 2.44. The van der Waals surface area contributed by atoms with E-state index in [0.717, 1.165) is 0 Å². The molecule has 0 saturated carbocycles. The average Bonchev–Trinajstić information content (AvgIpc) is 2.49. The smallest absolute Gasteiger partial charge is 0.00953 e. The van der Waals surface area contributed by atoms with E-state index in [9.17, 15) is 0 Å². The van der Waals surface area contributed by atoms with E-state index in [4.69, 9.17) is 0 Å². The molecule has 0 amide bonds. The Kier molecular flexibility index (Phi) is 1.92. The maximum absolute atomic E-state index is 2.38. The summed E-state index contributed by atoms with van der Waals surface area (Å²) in [6.45, 7) is 6.93. The van der Waals surface area contributed by atoms with Gasteiger partial charge in [-0.3, -0.25) is 0 Å². The van der Waals surface area contributed by atoms with Crippen molar-refractivity contribution < 1.29 is 0 Å². The van der Waals surface area contributed by atoms with Crippen LogP contribution in [0.3, 0.4) is 0 Å². The van der Waals surface area contributed by atoms with Crippen LogP contribution in [-0.4, -0.2) is 0 Å². The molecule has 2 atom stereocenters. The van der Waals surface area contributed by atoms with Gasteiger partial charge in [-0.05, 0) is 29.4 Å². The lowest BCUT2D eigenvalue weighted by atomic mass is 9.74. The minimum atomic E-state index is 0.271. The number of fused-ring (bicyclic) bond motifs is 3. The third kappa shape index (κ3) is 1.16. The predicted octanol–water partition coefficient (Wildman–Crippen LogP) is 4.11. The summed E-state index contributed by atoms with van der Waals surface area (Å²) in [5.41, 5.74) is 4.71. The van der Waals surface area contributed by atoms with Gasteiger partial charge in [-0.1, -0.05) is 61.9 Å². The third-order valence-electron chi connectivity index (χ3n) is 4.23. The molecule has 0 bridgehead atoms. The van der Waals surface area contributed by atoms with Crippen LogP contribution in [0.4, 0.5) is 0 Å². The number of benzene rings is 1. The van der Waals surface area contributed by atoms with E-state index >= 15 is 0 Å². The molecule has 82 valence electrons. The standard InChI is InChI=1S/C16H18/c1-11-8-9-13-12-6-4-5-7-14(12)16(2,3)15(13)10-11/h4-10,12,14H,1-3H3. The second-order valence-electron chi connectivity index (χ2n) is 5.63. The van der Waals surface area contributed by atoms with Crippen molar-refractivity contribution in [2.75, 3.05) is 0 Å². The fourth-order valence-electron chi connectivity index (χ4n) is 3.29. The summed E-state index contributed by atoms with van der Waals surface area (Å²) in [7, 11) is 0. The fraction of sp³-hybridized carbons (Fsp3) is 0.375. The second kappa shape index (κ2) is 3.10. The van der Waals surface area contributed by atoms with Gasteiger partial charge in [0.1, 0.15) is 0 Å². The van der Waals surface area contributed by atoms with E-state index in [0.29, 0.717) is 11.8 Å². The van der Waals surface area contributed by atoms with Crippen LogP contribution in [0.2, 0.25) is 0 Å². The van der Waals surface area contributed by atoms with Crippen molar-refractivity contribution in [3.05, 3.63) is 59.2 Å². The molecule has 0 heterocycles. The van der Waals surface area contributed by atoms with Crippen LogP contribution < -0.4 is 0 Å². The predicted molar refractivity (Wildman–Crippen MR) is 68.7 cm³/mol. The molecule has 0 radical (unpaired) electrons. The van der Waals surface area contributed by atoms with Gasteiger partial charge in [0.15, 0.2) is 0 Å². The van der Waals surface area contributed by atoms with E-state index in [1.807, 2.05) is 0 Å². The number of aryl methyl sites for hydroxylation is 1. The Morgan fingerprint density at radius 1 is 1.06 bits per heavy atom. The number of hydrogen-bond donors (Lipinski definition) is 0. The zero-order valence-corrected chi connectivity index (χ0v) is 10.2. The molecule has 0 N–H and O–H groups in total. The molecule has 0 nitrogen and oxygen atoms in total. The SMILES string of the molecule is Cc1ccc2c(c1)C(C)(C)C1C=CC=CC21. The van der Waals surface area contributed by atoms with Gasteiger partial charge in [0.25, 0.3) is 0 Å². The molecule has 2 aliphatic carbocycles. The highest BCUT2D eigenvalue weighted by atomic mass is 14.5. The van der Waals surface area contributed by atoms with E-state index < -0.39 is 0 Å². The molecule has 3 rings (SSSR count). The summed E-state index contributed by atoms with van der Waals surface area (Å²) in [5, 5.41) is 0. The van der Waals surface area contributed by atoms with Crippen molar-refractivity contribution in [3.8, 4) is 0 Å². The van der Waals surface area contributed by atoms with Crippen molar-refractivity contribution in [2.45, 2.75) is 32.1 Å². The van der Waals surface area contributed by atoms with Gasteiger partial charge in [0, 0.05) is 5.92 Å². The molecule has 0 saturated heterocycles. The van der Waals surface area contributed by atoms with Crippen LogP contribution in [-0.2, 0) is 5.41 Å². The molecule has 2 unspecified atom stereocenters. The van der Waals surface area contributed by atoms with E-state index in [1.54, 1.807) is 5.56 Å². The highest BCUT2D eigenvalue weighted by molar-refractivity contribution is 5.50. The van der Waals surface area contributed by atoms with Gasteiger partial charge in [-0.25, -0.2) is 0 Å². The van der Waals surface area contributed by atoms with Gasteiger partial charge in [-0.15, -0.1) is 0 Å². The molecule has 2 aliphatic rings. The zero-order chi connectivity index (χ0) is 11.3. The molecule has 0 aliphatic heterocycles. The van der Waals surface area contributed by atoms with E-state index in [2.05, 4.69) is 63.3 Å².